The first-order valence-electron chi connectivity index (χ1n) is 10.2. The fourth-order valence-electron chi connectivity index (χ4n) is 3.90. The lowest BCUT2D eigenvalue weighted by atomic mass is 9.87. The smallest absolute Gasteiger partial charge is 0.283 e. The van der Waals surface area contributed by atoms with Crippen LogP contribution >= 0.6 is 11.8 Å². The molecule has 6 nitrogen and oxygen atoms in total. The lowest BCUT2D eigenvalue weighted by molar-refractivity contribution is -0.119. The van der Waals surface area contributed by atoms with Crippen LogP contribution in [0.15, 0.2) is 40.3 Å². The lowest BCUT2D eigenvalue weighted by Crippen LogP contribution is -2.38. The monoisotopic (exact) mass is 428 g/mol. The van der Waals surface area contributed by atoms with Crippen LogP contribution in [0.3, 0.4) is 0 Å². The van der Waals surface area contributed by atoms with Crippen molar-refractivity contribution in [1.29, 1.82) is 0 Å². The van der Waals surface area contributed by atoms with E-state index >= 15 is 0 Å². The molecule has 1 aliphatic carbocycles. The number of carbonyl (C=O) groups excluding carboxylic acids is 1. The van der Waals surface area contributed by atoms with Gasteiger partial charge in [-0.25, -0.2) is 9.37 Å². The van der Waals surface area contributed by atoms with Crippen molar-refractivity contribution in [2.75, 3.05) is 5.75 Å². The van der Waals surface area contributed by atoms with Crippen molar-refractivity contribution in [1.82, 2.24) is 19.9 Å². The van der Waals surface area contributed by atoms with E-state index in [9.17, 15) is 14.0 Å². The number of hydrogen-bond donors (Lipinski definition) is 2. The molecule has 1 aliphatic rings. The number of carbonyl (C=O) groups is 1. The standard InChI is InChI=1S/C22H25FN4O2S/c1-13-3-7-16(8-4-13)25-19(28)12-30-22-26-18-11-14(2)24-20(18)21(29)27(22)17-9-5-15(23)6-10-17/h5-6,9-11,13,16,24H,3-4,7-8,12H2,1-2H3,(H,25,28). The molecule has 0 radical (unpaired) electrons. The van der Waals surface area contributed by atoms with Gasteiger partial charge in [0.2, 0.25) is 5.91 Å². The minimum Gasteiger partial charge on any atom is -0.353 e. The number of nitrogens with zero attached hydrogens (tertiary/aromatic N) is 2. The summed E-state index contributed by atoms with van der Waals surface area (Å²) >= 11 is 1.21. The minimum absolute atomic E-state index is 0.0650. The third-order valence-corrected chi connectivity index (χ3v) is 6.49. The average molecular weight is 429 g/mol. The predicted octanol–water partition coefficient (Wildman–Crippen LogP) is 3.95. The third kappa shape index (κ3) is 4.43. The summed E-state index contributed by atoms with van der Waals surface area (Å²) in [5, 5.41) is 3.51. The fraction of sp³-hybridized carbons (Fsp3) is 0.409. The summed E-state index contributed by atoms with van der Waals surface area (Å²) in [4.78, 5) is 33.3. The zero-order valence-electron chi connectivity index (χ0n) is 17.1. The van der Waals surface area contributed by atoms with Gasteiger partial charge in [0.15, 0.2) is 5.16 Å². The number of aryl methyl sites for hydroxylation is 1. The molecule has 2 N–H and O–H groups in total. The second-order valence-electron chi connectivity index (χ2n) is 8.04. The summed E-state index contributed by atoms with van der Waals surface area (Å²) in [6, 6.07) is 7.70. The van der Waals surface area contributed by atoms with Crippen molar-refractivity contribution >= 4 is 28.7 Å². The SMILES string of the molecule is Cc1cc2nc(SCC(=O)NC3CCC(C)CC3)n(-c3ccc(F)cc3)c(=O)c2[nH]1. The second kappa shape index (κ2) is 8.63. The van der Waals surface area contributed by atoms with Crippen LogP contribution in [0.5, 0.6) is 0 Å². The Bertz CT molecular complexity index is 1110. The molecule has 1 saturated carbocycles. The normalized spacial score (nSPS) is 19.2. The maximum atomic E-state index is 13.4. The van der Waals surface area contributed by atoms with Gasteiger partial charge in [0.05, 0.1) is 17.0 Å². The van der Waals surface area contributed by atoms with Crippen LogP contribution in [-0.2, 0) is 4.79 Å². The van der Waals surface area contributed by atoms with Crippen LogP contribution in [0, 0.1) is 18.7 Å². The molecule has 1 fully saturated rings. The summed E-state index contributed by atoms with van der Waals surface area (Å²) in [7, 11) is 0. The third-order valence-electron chi connectivity index (χ3n) is 5.55. The van der Waals surface area contributed by atoms with E-state index in [0.29, 0.717) is 21.9 Å². The number of H-pyrrole nitrogens is 1. The Labute approximate surface area is 178 Å². The Morgan fingerprint density at radius 3 is 2.67 bits per heavy atom. The molecule has 30 heavy (non-hydrogen) atoms. The largest absolute Gasteiger partial charge is 0.353 e. The minimum atomic E-state index is -0.382. The van der Waals surface area contributed by atoms with Crippen molar-refractivity contribution in [2.45, 2.75) is 50.7 Å². The number of aromatic nitrogens is 3. The van der Waals surface area contributed by atoms with Crippen LogP contribution in [0.4, 0.5) is 4.39 Å². The van der Waals surface area contributed by atoms with E-state index in [1.165, 1.54) is 40.6 Å². The summed E-state index contributed by atoms with van der Waals surface area (Å²) in [6.45, 7) is 4.10. The zero-order valence-corrected chi connectivity index (χ0v) is 17.9. The van der Waals surface area contributed by atoms with Gasteiger partial charge >= 0.3 is 0 Å². The number of benzene rings is 1. The molecule has 8 heteroatoms. The number of hydrogen-bond acceptors (Lipinski definition) is 4. The second-order valence-corrected chi connectivity index (χ2v) is 8.98. The van der Waals surface area contributed by atoms with Gasteiger partial charge in [0, 0.05) is 11.7 Å². The lowest BCUT2D eigenvalue weighted by Gasteiger charge is -2.26. The Morgan fingerprint density at radius 1 is 1.27 bits per heavy atom. The number of rotatable bonds is 5. The Balaban J connectivity index is 1.59. The van der Waals surface area contributed by atoms with Crippen LogP contribution in [-0.4, -0.2) is 32.2 Å². The van der Waals surface area contributed by atoms with Crippen molar-refractivity contribution in [3.63, 3.8) is 0 Å². The molecule has 1 amide bonds. The van der Waals surface area contributed by atoms with Gasteiger partial charge in [-0.05, 0) is 68.9 Å². The van der Waals surface area contributed by atoms with Crippen molar-refractivity contribution in [2.24, 2.45) is 5.92 Å². The molecule has 0 aliphatic heterocycles. The highest BCUT2D eigenvalue weighted by Crippen LogP contribution is 2.25. The highest BCUT2D eigenvalue weighted by Gasteiger charge is 2.21. The van der Waals surface area contributed by atoms with Gasteiger partial charge in [0.25, 0.3) is 5.56 Å². The Hall–Kier alpha value is -2.61. The Kier molecular flexibility index (Phi) is 5.94. The summed E-state index contributed by atoms with van der Waals surface area (Å²) in [5.74, 6) is 0.435. The van der Waals surface area contributed by atoms with Crippen LogP contribution in [0.1, 0.15) is 38.3 Å². The first kappa shape index (κ1) is 20.7. The Morgan fingerprint density at radius 2 is 1.97 bits per heavy atom. The number of amides is 1. The first-order valence-corrected chi connectivity index (χ1v) is 11.2. The molecule has 4 rings (SSSR count). The molecule has 0 unspecified atom stereocenters. The molecule has 0 bridgehead atoms. The number of nitrogens with one attached hydrogen (secondary N) is 2. The van der Waals surface area contributed by atoms with E-state index in [1.54, 1.807) is 6.07 Å². The van der Waals surface area contributed by atoms with E-state index < -0.39 is 0 Å². The van der Waals surface area contributed by atoms with E-state index in [1.807, 2.05) is 6.92 Å². The van der Waals surface area contributed by atoms with Crippen LogP contribution in [0.2, 0.25) is 0 Å². The van der Waals surface area contributed by atoms with Gasteiger partial charge in [-0.3, -0.25) is 14.2 Å². The number of thioether (sulfide) groups is 1. The number of aromatic amines is 1. The maximum Gasteiger partial charge on any atom is 0.283 e. The molecule has 158 valence electrons. The molecular weight excluding hydrogens is 403 g/mol. The summed E-state index contributed by atoms with van der Waals surface area (Å²) < 4.78 is 14.8. The zero-order chi connectivity index (χ0) is 21.3. The quantitative estimate of drug-likeness (QED) is 0.476. The van der Waals surface area contributed by atoms with Crippen molar-refractivity contribution in [3.8, 4) is 5.69 Å². The van der Waals surface area contributed by atoms with E-state index in [-0.39, 0.29) is 29.1 Å². The number of fused-ring (bicyclic) bond motifs is 1. The molecule has 2 aromatic heterocycles. The average Bonchev–Trinajstić information content (AvgIpc) is 3.10. The topological polar surface area (TPSA) is 79.8 Å². The molecular formula is C22H25FN4O2S. The summed E-state index contributed by atoms with van der Waals surface area (Å²) in [6.07, 6.45) is 4.27. The summed E-state index contributed by atoms with van der Waals surface area (Å²) in [5.41, 5.74) is 2.00. The van der Waals surface area contributed by atoms with Gasteiger partial charge in [0.1, 0.15) is 11.3 Å². The molecule has 0 atom stereocenters. The molecule has 1 aromatic carbocycles. The maximum absolute atomic E-state index is 13.4. The highest BCUT2D eigenvalue weighted by molar-refractivity contribution is 7.99. The van der Waals surface area contributed by atoms with Crippen LogP contribution < -0.4 is 10.9 Å². The molecule has 0 saturated heterocycles. The predicted molar refractivity (Wildman–Crippen MR) is 117 cm³/mol. The molecule has 2 heterocycles. The van der Waals surface area contributed by atoms with Gasteiger partial charge in [-0.2, -0.15) is 0 Å². The molecule has 3 aromatic rings. The highest BCUT2D eigenvalue weighted by atomic mass is 32.2. The van der Waals surface area contributed by atoms with Gasteiger partial charge in [-0.1, -0.05) is 18.7 Å². The van der Waals surface area contributed by atoms with E-state index in [4.69, 9.17) is 0 Å². The van der Waals surface area contributed by atoms with E-state index in [0.717, 1.165) is 37.3 Å². The number of halogens is 1. The van der Waals surface area contributed by atoms with Gasteiger partial charge in [-0.15, -0.1) is 0 Å². The first-order chi connectivity index (χ1) is 14.4. The van der Waals surface area contributed by atoms with Crippen LogP contribution in [0.25, 0.3) is 16.7 Å². The van der Waals surface area contributed by atoms with Crippen molar-refractivity contribution < 1.29 is 9.18 Å². The van der Waals surface area contributed by atoms with Crippen molar-refractivity contribution in [3.05, 3.63) is 52.2 Å². The molecule has 0 spiro atoms. The fourth-order valence-corrected chi connectivity index (χ4v) is 4.72. The van der Waals surface area contributed by atoms with Gasteiger partial charge < -0.3 is 10.3 Å². The van der Waals surface area contributed by atoms with E-state index in [2.05, 4.69) is 22.2 Å².